The highest BCUT2D eigenvalue weighted by atomic mass is 32.1. The fourth-order valence-corrected chi connectivity index (χ4v) is 2.34. The summed E-state index contributed by atoms with van der Waals surface area (Å²) in [5, 5.41) is 9.09. The Hall–Kier alpha value is -0.510. The second-order valence-corrected chi connectivity index (χ2v) is 4.56. The first-order chi connectivity index (χ1) is 7.54. The van der Waals surface area contributed by atoms with Gasteiger partial charge in [0.2, 0.25) is 0 Å². The Morgan fingerprint density at radius 3 is 2.19 bits per heavy atom. The van der Waals surface area contributed by atoms with Gasteiger partial charge in [0.15, 0.2) is 0 Å². The molecule has 0 saturated heterocycles. The van der Waals surface area contributed by atoms with Crippen molar-refractivity contribution in [3.05, 3.63) is 0 Å². The first-order valence-electron chi connectivity index (χ1n) is 5.88. The fraction of sp³-hybridized carbons (Fsp3) is 0.833. The third kappa shape index (κ3) is 5.54. The second kappa shape index (κ2) is 8.62. The highest BCUT2D eigenvalue weighted by molar-refractivity contribution is 7.80. The molecule has 0 aromatic rings. The molecule has 0 spiro atoms. The Bertz CT molecular complexity index is 228. The smallest absolute Gasteiger partial charge is 0.307 e. The van der Waals surface area contributed by atoms with Crippen LogP contribution in [0.2, 0.25) is 0 Å². The van der Waals surface area contributed by atoms with Crippen LogP contribution in [0.15, 0.2) is 0 Å². The van der Waals surface area contributed by atoms with E-state index in [0.29, 0.717) is 12.2 Å². The van der Waals surface area contributed by atoms with Crippen LogP contribution >= 0.6 is 12.6 Å². The van der Waals surface area contributed by atoms with Crippen molar-refractivity contribution in [1.29, 1.82) is 0 Å². The van der Waals surface area contributed by atoms with Crippen molar-refractivity contribution >= 4 is 24.4 Å². The van der Waals surface area contributed by atoms with Gasteiger partial charge in [0.25, 0.3) is 0 Å². The summed E-state index contributed by atoms with van der Waals surface area (Å²) in [5.74, 6) is -1.63. The zero-order chi connectivity index (χ0) is 12.6. The van der Waals surface area contributed by atoms with Crippen LogP contribution in [-0.4, -0.2) is 22.6 Å². The molecule has 1 N–H and O–H groups in total. The Morgan fingerprint density at radius 2 is 1.81 bits per heavy atom. The first kappa shape index (κ1) is 15.5. The van der Waals surface area contributed by atoms with E-state index in [1.165, 1.54) is 6.92 Å². The second-order valence-electron chi connectivity index (χ2n) is 4.19. The van der Waals surface area contributed by atoms with Gasteiger partial charge < -0.3 is 5.11 Å². The molecule has 0 aromatic heterocycles. The Labute approximate surface area is 103 Å². The lowest BCUT2D eigenvalue weighted by Gasteiger charge is -2.19. The number of thiol groups is 1. The normalized spacial score (nSPS) is 14.4. The monoisotopic (exact) mass is 246 g/mol. The van der Waals surface area contributed by atoms with Gasteiger partial charge in [-0.05, 0) is 13.3 Å². The number of aliphatic carboxylic acids is 1. The van der Waals surface area contributed by atoms with Gasteiger partial charge in [-0.3, -0.25) is 9.59 Å². The molecule has 94 valence electrons. The van der Waals surface area contributed by atoms with Gasteiger partial charge >= 0.3 is 5.97 Å². The summed E-state index contributed by atoms with van der Waals surface area (Å²) >= 11 is 4.07. The van der Waals surface area contributed by atoms with Gasteiger partial charge in [0.05, 0.1) is 5.92 Å². The standard InChI is InChI=1S/C12H22O3S/c1-3-4-5-6-7-10(12(14)15)11(8-16)9(2)13/h10-11,16H,3-8H2,1-2H3,(H,14,15). The van der Waals surface area contributed by atoms with Crippen molar-refractivity contribution in [2.45, 2.75) is 46.0 Å². The van der Waals surface area contributed by atoms with Crippen LogP contribution in [-0.2, 0) is 9.59 Å². The molecule has 0 aliphatic carbocycles. The third-order valence-corrected chi connectivity index (χ3v) is 3.28. The average molecular weight is 246 g/mol. The largest absolute Gasteiger partial charge is 0.481 e. The molecule has 16 heavy (non-hydrogen) atoms. The van der Waals surface area contributed by atoms with Crippen LogP contribution < -0.4 is 0 Å². The van der Waals surface area contributed by atoms with Gasteiger partial charge in [-0.25, -0.2) is 0 Å². The number of hydrogen-bond acceptors (Lipinski definition) is 3. The topological polar surface area (TPSA) is 54.4 Å². The van der Waals surface area contributed by atoms with E-state index in [0.717, 1.165) is 25.7 Å². The van der Waals surface area contributed by atoms with E-state index in [-0.39, 0.29) is 5.78 Å². The van der Waals surface area contributed by atoms with Gasteiger partial charge in [-0.1, -0.05) is 32.6 Å². The minimum atomic E-state index is -0.870. The Kier molecular flexibility index (Phi) is 8.35. The van der Waals surface area contributed by atoms with E-state index in [1.807, 2.05) is 0 Å². The summed E-state index contributed by atoms with van der Waals surface area (Å²) in [7, 11) is 0. The molecule has 2 atom stereocenters. The molecule has 2 unspecified atom stereocenters. The maximum atomic E-state index is 11.3. The van der Waals surface area contributed by atoms with Crippen LogP contribution in [0.5, 0.6) is 0 Å². The number of carboxylic acids is 1. The maximum absolute atomic E-state index is 11.3. The number of carbonyl (C=O) groups is 2. The summed E-state index contributed by atoms with van der Waals surface area (Å²) < 4.78 is 0. The number of rotatable bonds is 9. The fourth-order valence-electron chi connectivity index (χ4n) is 1.83. The van der Waals surface area contributed by atoms with E-state index in [2.05, 4.69) is 19.6 Å². The van der Waals surface area contributed by atoms with Crippen molar-refractivity contribution in [1.82, 2.24) is 0 Å². The molecule has 0 saturated carbocycles. The molecule has 0 aromatic carbocycles. The first-order valence-corrected chi connectivity index (χ1v) is 6.51. The molecule has 3 nitrogen and oxygen atoms in total. The van der Waals surface area contributed by atoms with Gasteiger partial charge in [-0.15, -0.1) is 0 Å². The van der Waals surface area contributed by atoms with Crippen molar-refractivity contribution < 1.29 is 14.7 Å². The zero-order valence-corrected chi connectivity index (χ0v) is 11.0. The van der Waals surface area contributed by atoms with Crippen LogP contribution in [0.25, 0.3) is 0 Å². The summed E-state index contributed by atoms with van der Waals surface area (Å²) in [4.78, 5) is 22.4. The van der Waals surface area contributed by atoms with Crippen molar-refractivity contribution in [3.8, 4) is 0 Å². The predicted octanol–water partition coefficient (Wildman–Crippen LogP) is 2.79. The number of ketones is 1. The average Bonchev–Trinajstić information content (AvgIpc) is 2.21. The predicted molar refractivity (Wildman–Crippen MR) is 67.9 cm³/mol. The number of hydrogen-bond donors (Lipinski definition) is 2. The van der Waals surface area contributed by atoms with Crippen LogP contribution in [0, 0.1) is 11.8 Å². The van der Waals surface area contributed by atoms with E-state index in [9.17, 15) is 9.59 Å². The lowest BCUT2D eigenvalue weighted by molar-refractivity contribution is -0.146. The molecule has 0 bridgehead atoms. The number of carboxylic acid groups (broad SMARTS) is 1. The van der Waals surface area contributed by atoms with E-state index >= 15 is 0 Å². The number of carbonyl (C=O) groups excluding carboxylic acids is 1. The lowest BCUT2D eigenvalue weighted by Crippen LogP contribution is -2.30. The Balaban J connectivity index is 4.25. The molecule has 0 amide bonds. The van der Waals surface area contributed by atoms with E-state index in [4.69, 9.17) is 5.11 Å². The molecule has 4 heteroatoms. The molecule has 0 aliphatic heterocycles. The van der Waals surface area contributed by atoms with Gasteiger partial charge in [0.1, 0.15) is 5.78 Å². The minimum absolute atomic E-state index is 0.0714. The minimum Gasteiger partial charge on any atom is -0.481 e. The van der Waals surface area contributed by atoms with Crippen LogP contribution in [0.4, 0.5) is 0 Å². The van der Waals surface area contributed by atoms with Crippen LogP contribution in [0.3, 0.4) is 0 Å². The highest BCUT2D eigenvalue weighted by Crippen LogP contribution is 2.22. The molecular formula is C12H22O3S. The lowest BCUT2D eigenvalue weighted by atomic mass is 9.86. The zero-order valence-electron chi connectivity index (χ0n) is 10.1. The highest BCUT2D eigenvalue weighted by Gasteiger charge is 2.29. The van der Waals surface area contributed by atoms with Crippen molar-refractivity contribution in [2.24, 2.45) is 11.8 Å². The Morgan fingerprint density at radius 1 is 1.19 bits per heavy atom. The van der Waals surface area contributed by atoms with Crippen molar-refractivity contribution in [3.63, 3.8) is 0 Å². The maximum Gasteiger partial charge on any atom is 0.307 e. The third-order valence-electron chi connectivity index (χ3n) is 2.89. The van der Waals surface area contributed by atoms with Gasteiger partial charge in [-0.2, -0.15) is 12.6 Å². The molecule has 0 aliphatic rings. The summed E-state index contributed by atoms with van der Waals surface area (Å²) in [6.45, 7) is 3.56. The quantitative estimate of drug-likeness (QED) is 0.486. The van der Waals surface area contributed by atoms with Crippen LogP contribution in [0.1, 0.15) is 46.0 Å². The van der Waals surface area contributed by atoms with E-state index < -0.39 is 17.8 Å². The summed E-state index contributed by atoms with van der Waals surface area (Å²) in [6, 6.07) is 0. The molecule has 0 heterocycles. The van der Waals surface area contributed by atoms with Gasteiger partial charge in [0, 0.05) is 11.7 Å². The molecule has 0 rings (SSSR count). The van der Waals surface area contributed by atoms with E-state index in [1.54, 1.807) is 0 Å². The summed E-state index contributed by atoms with van der Waals surface area (Å²) in [6.07, 6.45) is 4.75. The molecule has 0 fully saturated rings. The number of unbranched alkanes of at least 4 members (excludes halogenated alkanes) is 3. The SMILES string of the molecule is CCCCCCC(C(=O)O)C(CS)C(C)=O. The molecular weight excluding hydrogens is 224 g/mol. The number of Topliss-reactive ketones (excluding diaryl/α,β-unsaturated/α-hetero) is 1. The summed E-state index contributed by atoms with van der Waals surface area (Å²) in [5.41, 5.74) is 0. The molecule has 0 radical (unpaired) electrons. The van der Waals surface area contributed by atoms with Crippen molar-refractivity contribution in [2.75, 3.05) is 5.75 Å².